The van der Waals surface area contributed by atoms with Gasteiger partial charge in [-0.3, -0.25) is 4.79 Å². The van der Waals surface area contributed by atoms with Crippen molar-refractivity contribution >= 4 is 50.8 Å². The Morgan fingerprint density at radius 2 is 2.00 bits per heavy atom. The normalized spacial score (nSPS) is 15.9. The summed E-state index contributed by atoms with van der Waals surface area (Å²) in [6.45, 7) is 0.687. The number of halogens is 1. The third-order valence-electron chi connectivity index (χ3n) is 4.41. The molecule has 1 N–H and O–H groups in total. The van der Waals surface area contributed by atoms with E-state index in [1.165, 1.54) is 40.1 Å². The van der Waals surface area contributed by atoms with E-state index in [0.717, 1.165) is 30.6 Å². The molecule has 0 unspecified atom stereocenters. The number of anilines is 1. The molecule has 1 fully saturated rings. The largest absolute Gasteiger partial charge is 0.386 e. The summed E-state index contributed by atoms with van der Waals surface area (Å²) in [7, 11) is -3.64. The van der Waals surface area contributed by atoms with Gasteiger partial charge >= 0.3 is 0 Å². The highest BCUT2D eigenvalue weighted by Crippen LogP contribution is 2.28. The first kappa shape index (κ1) is 21.8. The lowest BCUT2D eigenvalue weighted by Crippen LogP contribution is -2.32. The van der Waals surface area contributed by atoms with Crippen LogP contribution in [0, 0.1) is 0 Å². The molecule has 0 bridgehead atoms. The first-order chi connectivity index (χ1) is 14.0. The Hall–Kier alpha value is -1.94. The first-order valence-electron chi connectivity index (χ1n) is 9.25. The van der Waals surface area contributed by atoms with E-state index >= 15 is 0 Å². The quantitative estimate of drug-likeness (QED) is 0.505. The number of hydrogen-bond donors (Lipinski definition) is 1. The van der Waals surface area contributed by atoms with Crippen LogP contribution in [0.3, 0.4) is 0 Å². The Morgan fingerprint density at radius 1 is 1.24 bits per heavy atom. The maximum Gasteiger partial charge on any atom is 0.265 e. The molecule has 1 aromatic carbocycles. The minimum Gasteiger partial charge on any atom is -0.386 e. The van der Waals surface area contributed by atoms with Crippen LogP contribution in [0.25, 0.3) is 0 Å². The van der Waals surface area contributed by atoms with E-state index in [2.05, 4.69) is 10.5 Å². The summed E-state index contributed by atoms with van der Waals surface area (Å²) in [5.74, 6) is -0.487. The number of carbonyl (C=O) groups is 1. The van der Waals surface area contributed by atoms with E-state index in [4.69, 9.17) is 16.4 Å². The second kappa shape index (κ2) is 10.2. The van der Waals surface area contributed by atoms with Gasteiger partial charge < -0.3 is 10.2 Å². The van der Waals surface area contributed by atoms with Crippen LogP contribution in [0.4, 0.5) is 5.69 Å². The zero-order chi connectivity index (χ0) is 20.7. The Kier molecular flexibility index (Phi) is 7.65. The molecule has 3 rings (SSSR count). The summed E-state index contributed by atoms with van der Waals surface area (Å²) in [5, 5.41) is 8.47. The number of benzene rings is 1. The summed E-state index contributed by atoms with van der Waals surface area (Å²) < 4.78 is 27.4. The van der Waals surface area contributed by atoms with Crippen LogP contribution in [0.2, 0.25) is 5.02 Å². The van der Waals surface area contributed by atoms with Gasteiger partial charge in [0, 0.05) is 18.0 Å². The highest BCUT2D eigenvalue weighted by molar-refractivity contribution is 7.89. The minimum atomic E-state index is -3.64. The maximum atomic E-state index is 12.9. The molecule has 2 aromatic rings. The van der Waals surface area contributed by atoms with E-state index in [-0.39, 0.29) is 22.2 Å². The van der Waals surface area contributed by atoms with Gasteiger partial charge in [0.25, 0.3) is 5.91 Å². The fourth-order valence-corrected chi connectivity index (χ4v) is 5.21. The summed E-state index contributed by atoms with van der Waals surface area (Å²) in [6, 6.07) is 8.06. The van der Waals surface area contributed by atoms with E-state index in [1.807, 2.05) is 17.5 Å². The number of sulfonamides is 1. The molecule has 0 saturated carbocycles. The molecule has 10 heteroatoms. The second-order valence-electron chi connectivity index (χ2n) is 6.53. The molecule has 1 saturated heterocycles. The van der Waals surface area contributed by atoms with Gasteiger partial charge in [-0.05, 0) is 42.5 Å². The van der Waals surface area contributed by atoms with Crippen molar-refractivity contribution in [3.8, 4) is 0 Å². The van der Waals surface area contributed by atoms with Gasteiger partial charge in [-0.25, -0.2) is 8.42 Å². The van der Waals surface area contributed by atoms with Gasteiger partial charge in [-0.2, -0.15) is 4.31 Å². The molecular weight excluding hydrogens is 434 g/mol. The zero-order valence-corrected chi connectivity index (χ0v) is 18.1. The highest BCUT2D eigenvalue weighted by Gasteiger charge is 2.26. The minimum absolute atomic E-state index is 0.107. The molecule has 1 aliphatic heterocycles. The number of amides is 1. The van der Waals surface area contributed by atoms with Crippen molar-refractivity contribution in [3.63, 3.8) is 0 Å². The monoisotopic (exact) mass is 455 g/mol. The predicted molar refractivity (Wildman–Crippen MR) is 115 cm³/mol. The van der Waals surface area contributed by atoms with Crippen LogP contribution in [0.5, 0.6) is 0 Å². The van der Waals surface area contributed by atoms with E-state index in [9.17, 15) is 13.2 Å². The maximum absolute atomic E-state index is 12.9. The second-order valence-corrected chi connectivity index (χ2v) is 9.86. The molecule has 1 aromatic heterocycles. The van der Waals surface area contributed by atoms with E-state index in [1.54, 1.807) is 0 Å². The summed E-state index contributed by atoms with van der Waals surface area (Å²) in [5.41, 5.74) is 0.221. The van der Waals surface area contributed by atoms with Crippen molar-refractivity contribution in [1.82, 2.24) is 4.31 Å². The number of hydrogen-bond acceptors (Lipinski definition) is 6. The number of carbonyl (C=O) groups excluding carboxylic acids is 1. The number of rotatable bonds is 7. The van der Waals surface area contributed by atoms with Crippen molar-refractivity contribution in [3.05, 3.63) is 45.6 Å². The summed E-state index contributed by atoms with van der Waals surface area (Å²) in [6.07, 6.45) is 5.27. The van der Waals surface area contributed by atoms with Gasteiger partial charge in [-0.15, -0.1) is 11.3 Å². The van der Waals surface area contributed by atoms with E-state index < -0.39 is 15.9 Å². The smallest absolute Gasteiger partial charge is 0.265 e. The third kappa shape index (κ3) is 6.02. The Morgan fingerprint density at radius 3 is 2.69 bits per heavy atom. The van der Waals surface area contributed by atoms with Crippen LogP contribution >= 0.6 is 22.9 Å². The topological polar surface area (TPSA) is 88.1 Å². The molecule has 1 amide bonds. The molecule has 7 nitrogen and oxygen atoms in total. The van der Waals surface area contributed by atoms with Crippen molar-refractivity contribution in [2.24, 2.45) is 5.16 Å². The fourth-order valence-electron chi connectivity index (χ4n) is 2.93. The fraction of sp³-hybridized carbons (Fsp3) is 0.368. The van der Waals surface area contributed by atoms with Gasteiger partial charge in [0.1, 0.15) is 0 Å². The van der Waals surface area contributed by atoms with Gasteiger partial charge in [0.2, 0.25) is 10.0 Å². The molecule has 0 spiro atoms. The van der Waals surface area contributed by atoms with Crippen molar-refractivity contribution in [1.29, 1.82) is 0 Å². The summed E-state index contributed by atoms with van der Waals surface area (Å²) in [4.78, 5) is 18.1. The molecule has 0 radical (unpaired) electrons. The number of thiophene rings is 1. The third-order valence-corrected chi connectivity index (χ3v) is 7.44. The Bertz CT molecular complexity index is 954. The lowest BCUT2D eigenvalue weighted by atomic mass is 10.2. The molecule has 156 valence electrons. The number of oxime groups is 1. The number of nitrogens with zero attached hydrogens (tertiary/aromatic N) is 2. The average Bonchev–Trinajstić information content (AvgIpc) is 3.05. The van der Waals surface area contributed by atoms with Crippen molar-refractivity contribution < 1.29 is 18.0 Å². The molecule has 0 aliphatic carbocycles. The van der Waals surface area contributed by atoms with Crippen molar-refractivity contribution in [2.75, 3.05) is 25.0 Å². The average molecular weight is 456 g/mol. The molecule has 2 heterocycles. The Labute approximate surface area is 179 Å². The van der Waals surface area contributed by atoms with Crippen molar-refractivity contribution in [2.45, 2.75) is 30.6 Å². The zero-order valence-electron chi connectivity index (χ0n) is 15.7. The van der Waals surface area contributed by atoms with Gasteiger partial charge in [0.15, 0.2) is 6.61 Å². The molecule has 29 heavy (non-hydrogen) atoms. The summed E-state index contributed by atoms with van der Waals surface area (Å²) >= 11 is 7.63. The van der Waals surface area contributed by atoms with Gasteiger partial charge in [-0.1, -0.05) is 35.7 Å². The lowest BCUT2D eigenvalue weighted by molar-refractivity contribution is -0.120. The van der Waals surface area contributed by atoms with Crippen LogP contribution in [0.1, 0.15) is 30.6 Å². The standard InChI is InChI=1S/C19H22ClN3O4S2/c20-17-8-7-16(29(25,26)23-9-3-1-2-4-10-23)12-18(17)22-19(24)14-27-21-13-15-6-5-11-28-15/h5-8,11-13H,1-4,9-10,14H2,(H,22,24). The van der Waals surface area contributed by atoms with Crippen LogP contribution in [-0.4, -0.2) is 44.5 Å². The van der Waals surface area contributed by atoms with Crippen LogP contribution in [0.15, 0.2) is 45.8 Å². The lowest BCUT2D eigenvalue weighted by Gasteiger charge is -2.20. The first-order valence-corrected chi connectivity index (χ1v) is 11.9. The predicted octanol–water partition coefficient (Wildman–Crippen LogP) is 3.96. The molecular formula is C19H22ClN3O4S2. The van der Waals surface area contributed by atoms with Gasteiger partial charge in [0.05, 0.1) is 21.8 Å². The van der Waals surface area contributed by atoms with Crippen LogP contribution < -0.4 is 5.32 Å². The molecule has 0 atom stereocenters. The highest BCUT2D eigenvalue weighted by atomic mass is 35.5. The van der Waals surface area contributed by atoms with Crippen LogP contribution in [-0.2, 0) is 19.7 Å². The van der Waals surface area contributed by atoms with E-state index in [0.29, 0.717) is 13.1 Å². The molecule has 1 aliphatic rings. The SMILES string of the molecule is O=C(CON=Cc1cccs1)Nc1cc(S(=O)(=O)N2CCCCCC2)ccc1Cl. The number of nitrogens with one attached hydrogen (secondary N) is 1. The Balaban J connectivity index is 1.64.